The molecule has 0 aliphatic carbocycles. The molecular formula is C17H26N2O. The van der Waals surface area contributed by atoms with Crippen LogP contribution in [0.25, 0.3) is 0 Å². The van der Waals surface area contributed by atoms with Crippen molar-refractivity contribution in [2.75, 3.05) is 37.7 Å². The van der Waals surface area contributed by atoms with Gasteiger partial charge in [0.05, 0.1) is 0 Å². The van der Waals surface area contributed by atoms with Crippen molar-refractivity contribution in [3.63, 3.8) is 0 Å². The Kier molecular flexibility index (Phi) is 4.58. The molecule has 1 unspecified atom stereocenters. The molecule has 1 atom stereocenters. The summed E-state index contributed by atoms with van der Waals surface area (Å²) < 4.78 is 5.48. The number of anilines is 1. The highest BCUT2D eigenvalue weighted by molar-refractivity contribution is 5.57. The van der Waals surface area contributed by atoms with E-state index in [4.69, 9.17) is 4.74 Å². The maximum absolute atomic E-state index is 5.48. The van der Waals surface area contributed by atoms with Gasteiger partial charge in [-0.25, -0.2) is 0 Å². The van der Waals surface area contributed by atoms with E-state index in [2.05, 4.69) is 41.4 Å². The van der Waals surface area contributed by atoms with Gasteiger partial charge >= 0.3 is 0 Å². The lowest BCUT2D eigenvalue weighted by atomic mass is 9.93. The zero-order valence-electron chi connectivity index (χ0n) is 12.5. The summed E-state index contributed by atoms with van der Waals surface area (Å²) in [7, 11) is 0. The van der Waals surface area contributed by atoms with Crippen molar-refractivity contribution in [2.45, 2.75) is 32.2 Å². The number of benzene rings is 1. The monoisotopic (exact) mass is 274 g/mol. The minimum absolute atomic E-state index is 0.530. The second kappa shape index (κ2) is 6.59. The van der Waals surface area contributed by atoms with Crippen LogP contribution in [-0.2, 0) is 4.74 Å². The Morgan fingerprint density at radius 1 is 1.20 bits per heavy atom. The molecule has 0 bridgehead atoms. The van der Waals surface area contributed by atoms with Gasteiger partial charge in [0.1, 0.15) is 0 Å². The van der Waals surface area contributed by atoms with Crippen LogP contribution >= 0.6 is 0 Å². The van der Waals surface area contributed by atoms with Gasteiger partial charge in [-0.1, -0.05) is 25.1 Å². The summed E-state index contributed by atoms with van der Waals surface area (Å²) in [6.07, 6.45) is 3.65. The fourth-order valence-corrected chi connectivity index (χ4v) is 3.52. The largest absolute Gasteiger partial charge is 0.381 e. The van der Waals surface area contributed by atoms with Crippen molar-refractivity contribution in [1.29, 1.82) is 0 Å². The van der Waals surface area contributed by atoms with E-state index in [9.17, 15) is 0 Å². The minimum atomic E-state index is 0.530. The molecule has 1 N–H and O–H groups in total. The third-order valence-corrected chi connectivity index (χ3v) is 4.61. The molecule has 110 valence electrons. The molecule has 1 fully saturated rings. The van der Waals surface area contributed by atoms with Gasteiger partial charge in [-0.2, -0.15) is 0 Å². The van der Waals surface area contributed by atoms with Gasteiger partial charge in [-0.15, -0.1) is 0 Å². The van der Waals surface area contributed by atoms with Crippen LogP contribution in [0.2, 0.25) is 0 Å². The Labute approximate surface area is 122 Å². The van der Waals surface area contributed by atoms with Gasteiger partial charge in [0.25, 0.3) is 0 Å². The molecule has 0 aromatic heterocycles. The molecule has 20 heavy (non-hydrogen) atoms. The van der Waals surface area contributed by atoms with E-state index in [1.807, 2.05) is 0 Å². The highest BCUT2D eigenvalue weighted by Crippen LogP contribution is 2.34. The summed E-state index contributed by atoms with van der Waals surface area (Å²) in [6.45, 7) is 7.49. The van der Waals surface area contributed by atoms with Crippen LogP contribution in [0, 0.1) is 5.92 Å². The summed E-state index contributed by atoms with van der Waals surface area (Å²) in [4.78, 5) is 2.60. The molecule has 1 saturated heterocycles. The Morgan fingerprint density at radius 3 is 2.80 bits per heavy atom. The molecule has 1 aromatic rings. The van der Waals surface area contributed by atoms with Crippen LogP contribution in [0.1, 0.15) is 37.8 Å². The van der Waals surface area contributed by atoms with Crippen molar-refractivity contribution >= 4 is 5.69 Å². The topological polar surface area (TPSA) is 24.5 Å². The number of nitrogens with zero attached hydrogens (tertiary/aromatic N) is 1. The molecule has 1 aromatic carbocycles. The molecule has 3 heteroatoms. The molecule has 0 radical (unpaired) electrons. The maximum Gasteiger partial charge on any atom is 0.0469 e. The van der Waals surface area contributed by atoms with Gasteiger partial charge in [0, 0.05) is 38.0 Å². The van der Waals surface area contributed by atoms with Crippen molar-refractivity contribution in [3.05, 3.63) is 29.8 Å². The van der Waals surface area contributed by atoms with Crippen molar-refractivity contribution < 1.29 is 4.74 Å². The lowest BCUT2D eigenvalue weighted by Gasteiger charge is -2.38. The second-order valence-corrected chi connectivity index (χ2v) is 5.96. The normalized spacial score (nSPS) is 23.6. The van der Waals surface area contributed by atoms with Crippen LogP contribution < -0.4 is 10.2 Å². The van der Waals surface area contributed by atoms with Crippen LogP contribution in [0.4, 0.5) is 5.69 Å². The van der Waals surface area contributed by atoms with Crippen LogP contribution in [0.15, 0.2) is 24.3 Å². The average molecular weight is 274 g/mol. The SMILES string of the molecule is CCNC1CCN(CC2CCOCC2)c2ccccc21. The smallest absolute Gasteiger partial charge is 0.0469 e. The molecule has 3 nitrogen and oxygen atoms in total. The predicted molar refractivity (Wildman–Crippen MR) is 83.2 cm³/mol. The fourth-order valence-electron chi connectivity index (χ4n) is 3.52. The maximum atomic E-state index is 5.48. The molecule has 0 amide bonds. The highest BCUT2D eigenvalue weighted by atomic mass is 16.5. The van der Waals surface area contributed by atoms with E-state index in [1.54, 1.807) is 0 Å². The molecule has 0 saturated carbocycles. The minimum Gasteiger partial charge on any atom is -0.381 e. The third-order valence-electron chi connectivity index (χ3n) is 4.61. The van der Waals surface area contributed by atoms with Crippen LogP contribution in [-0.4, -0.2) is 32.8 Å². The first-order valence-electron chi connectivity index (χ1n) is 8.03. The number of hydrogen-bond acceptors (Lipinski definition) is 3. The van der Waals surface area contributed by atoms with E-state index in [0.717, 1.165) is 25.7 Å². The fraction of sp³-hybridized carbons (Fsp3) is 0.647. The van der Waals surface area contributed by atoms with Crippen molar-refractivity contribution in [3.8, 4) is 0 Å². The highest BCUT2D eigenvalue weighted by Gasteiger charge is 2.26. The molecule has 2 aliphatic rings. The number of rotatable bonds is 4. The number of nitrogens with one attached hydrogen (secondary N) is 1. The molecule has 2 heterocycles. The third kappa shape index (κ3) is 2.99. The molecule has 2 aliphatic heterocycles. The van der Waals surface area contributed by atoms with Gasteiger partial charge < -0.3 is 15.0 Å². The van der Waals surface area contributed by atoms with Gasteiger partial charge in [-0.05, 0) is 43.4 Å². The van der Waals surface area contributed by atoms with E-state index in [1.165, 1.54) is 43.6 Å². The van der Waals surface area contributed by atoms with E-state index >= 15 is 0 Å². The zero-order chi connectivity index (χ0) is 13.8. The Bertz CT molecular complexity index is 429. The molecular weight excluding hydrogens is 248 g/mol. The van der Waals surface area contributed by atoms with Crippen LogP contribution in [0.3, 0.4) is 0 Å². The number of hydrogen-bond donors (Lipinski definition) is 1. The van der Waals surface area contributed by atoms with Crippen molar-refractivity contribution in [1.82, 2.24) is 5.32 Å². The first kappa shape index (κ1) is 13.9. The van der Waals surface area contributed by atoms with Gasteiger partial charge in [0.2, 0.25) is 0 Å². The number of para-hydroxylation sites is 1. The summed E-state index contributed by atoms with van der Waals surface area (Å²) in [5.74, 6) is 0.799. The van der Waals surface area contributed by atoms with E-state index in [0.29, 0.717) is 6.04 Å². The number of ether oxygens (including phenoxy) is 1. The summed E-state index contributed by atoms with van der Waals surface area (Å²) in [5, 5.41) is 3.62. The number of fused-ring (bicyclic) bond motifs is 1. The van der Waals surface area contributed by atoms with Crippen molar-refractivity contribution in [2.24, 2.45) is 5.92 Å². The first-order valence-corrected chi connectivity index (χ1v) is 8.03. The Balaban J connectivity index is 1.74. The first-order chi connectivity index (χ1) is 9.88. The van der Waals surface area contributed by atoms with Gasteiger partial charge in [0.15, 0.2) is 0 Å². The summed E-state index contributed by atoms with van der Waals surface area (Å²) >= 11 is 0. The summed E-state index contributed by atoms with van der Waals surface area (Å²) in [5.41, 5.74) is 2.92. The predicted octanol–water partition coefficient (Wildman–Crippen LogP) is 2.97. The molecule has 0 spiro atoms. The van der Waals surface area contributed by atoms with Crippen LogP contribution in [0.5, 0.6) is 0 Å². The van der Waals surface area contributed by atoms with Gasteiger partial charge in [-0.3, -0.25) is 0 Å². The second-order valence-electron chi connectivity index (χ2n) is 5.96. The quantitative estimate of drug-likeness (QED) is 0.913. The lowest BCUT2D eigenvalue weighted by Crippen LogP contribution is -2.39. The zero-order valence-corrected chi connectivity index (χ0v) is 12.5. The standard InChI is InChI=1S/C17H26N2O/c1-2-18-16-7-10-19(13-14-8-11-20-12-9-14)17-6-4-3-5-15(16)17/h3-6,14,16,18H,2,7-13H2,1H3. The average Bonchev–Trinajstić information content (AvgIpc) is 2.51. The van der Waals surface area contributed by atoms with E-state index in [-0.39, 0.29) is 0 Å². The Hall–Kier alpha value is -1.06. The van der Waals surface area contributed by atoms with E-state index < -0.39 is 0 Å². The molecule has 3 rings (SSSR count). The lowest BCUT2D eigenvalue weighted by molar-refractivity contribution is 0.0680. The Morgan fingerprint density at radius 2 is 2.00 bits per heavy atom. The summed E-state index contributed by atoms with van der Waals surface area (Å²) in [6, 6.07) is 9.45.